The molecule has 7 heteroatoms. The summed E-state index contributed by atoms with van der Waals surface area (Å²) in [6.07, 6.45) is 6.32. The topological polar surface area (TPSA) is 72.9 Å². The number of hydrogen-bond donors (Lipinski definition) is 1. The molecule has 7 nitrogen and oxygen atoms in total. The van der Waals surface area contributed by atoms with Crippen molar-refractivity contribution in [2.45, 2.75) is 13.3 Å². The van der Waals surface area contributed by atoms with Gasteiger partial charge in [-0.3, -0.25) is 9.08 Å². The van der Waals surface area contributed by atoms with E-state index >= 15 is 0 Å². The molecule has 0 bridgehead atoms. The van der Waals surface area contributed by atoms with Gasteiger partial charge in [0.1, 0.15) is 17.5 Å². The monoisotopic (exact) mass is 395 g/mol. The Hall–Kier alpha value is -4.00. The number of pyridine rings is 2. The van der Waals surface area contributed by atoms with E-state index in [9.17, 15) is 0 Å². The van der Waals surface area contributed by atoms with Crippen LogP contribution in [0.5, 0.6) is 0 Å². The van der Waals surface area contributed by atoms with Crippen molar-refractivity contribution in [2.24, 2.45) is 7.05 Å². The molecule has 0 saturated carbocycles. The summed E-state index contributed by atoms with van der Waals surface area (Å²) in [5.74, 6) is 2.57. The highest BCUT2D eigenvalue weighted by molar-refractivity contribution is 5.70. The molecule has 0 aliphatic rings. The molecular formula is C23H21N7. The molecule has 5 rings (SSSR count). The van der Waals surface area contributed by atoms with Crippen molar-refractivity contribution in [2.75, 3.05) is 5.32 Å². The van der Waals surface area contributed by atoms with E-state index in [1.807, 2.05) is 35.8 Å². The number of fused-ring (bicyclic) bond motifs is 1. The van der Waals surface area contributed by atoms with Crippen LogP contribution in [0.15, 0.2) is 73.2 Å². The predicted molar refractivity (Wildman–Crippen MR) is 117 cm³/mol. The third-order valence-electron chi connectivity index (χ3n) is 5.13. The fourth-order valence-corrected chi connectivity index (χ4v) is 3.44. The van der Waals surface area contributed by atoms with E-state index in [2.05, 4.69) is 68.9 Å². The Balaban J connectivity index is 1.42. The van der Waals surface area contributed by atoms with Gasteiger partial charge in [0.05, 0.1) is 6.20 Å². The lowest BCUT2D eigenvalue weighted by molar-refractivity contribution is 0.776. The molecule has 0 atom stereocenters. The van der Waals surface area contributed by atoms with E-state index in [1.165, 1.54) is 11.1 Å². The van der Waals surface area contributed by atoms with Crippen molar-refractivity contribution in [1.29, 1.82) is 0 Å². The lowest BCUT2D eigenvalue weighted by Gasteiger charge is -2.08. The van der Waals surface area contributed by atoms with Gasteiger partial charge in [0, 0.05) is 31.9 Å². The minimum atomic E-state index is 0.745. The molecule has 5 aromatic rings. The minimum Gasteiger partial charge on any atom is -0.325 e. The first-order chi connectivity index (χ1) is 14.7. The first kappa shape index (κ1) is 18.1. The van der Waals surface area contributed by atoms with Gasteiger partial charge in [-0.2, -0.15) is 5.10 Å². The van der Waals surface area contributed by atoms with Crippen molar-refractivity contribution in [1.82, 2.24) is 29.4 Å². The maximum atomic E-state index is 4.41. The van der Waals surface area contributed by atoms with Gasteiger partial charge in [-0.1, -0.05) is 29.8 Å². The van der Waals surface area contributed by atoms with Gasteiger partial charge < -0.3 is 5.32 Å². The Morgan fingerprint density at radius 1 is 0.900 bits per heavy atom. The number of anilines is 2. The zero-order valence-corrected chi connectivity index (χ0v) is 16.8. The van der Waals surface area contributed by atoms with Crippen LogP contribution in [0.25, 0.3) is 16.8 Å². The Bertz CT molecular complexity index is 1320. The average molecular weight is 395 g/mol. The van der Waals surface area contributed by atoms with Crippen LogP contribution in [-0.2, 0) is 13.5 Å². The molecule has 1 N–H and O–H groups in total. The summed E-state index contributed by atoms with van der Waals surface area (Å²) in [6.45, 7) is 2.09. The van der Waals surface area contributed by atoms with E-state index in [1.54, 1.807) is 17.1 Å². The second kappa shape index (κ2) is 7.44. The number of aryl methyl sites for hydroxylation is 2. The number of benzene rings is 1. The quantitative estimate of drug-likeness (QED) is 0.484. The number of aromatic nitrogens is 6. The molecule has 0 saturated heterocycles. The van der Waals surface area contributed by atoms with Crippen LogP contribution in [-0.4, -0.2) is 29.4 Å². The molecule has 4 heterocycles. The highest BCUT2D eigenvalue weighted by Gasteiger charge is 2.09. The molecular weight excluding hydrogens is 374 g/mol. The van der Waals surface area contributed by atoms with Crippen LogP contribution in [0, 0.1) is 6.92 Å². The molecule has 0 aliphatic carbocycles. The summed E-state index contributed by atoms with van der Waals surface area (Å²) < 4.78 is 3.81. The Labute approximate surface area is 174 Å². The summed E-state index contributed by atoms with van der Waals surface area (Å²) in [5.41, 5.74) is 5.42. The lowest BCUT2D eigenvalue weighted by Crippen LogP contribution is -2.00. The second-order valence-electron chi connectivity index (χ2n) is 7.32. The second-order valence-corrected chi connectivity index (χ2v) is 7.32. The minimum absolute atomic E-state index is 0.745. The molecule has 0 fully saturated rings. The Morgan fingerprint density at radius 2 is 1.73 bits per heavy atom. The van der Waals surface area contributed by atoms with Crippen molar-refractivity contribution >= 4 is 17.3 Å². The summed E-state index contributed by atoms with van der Waals surface area (Å²) in [7, 11) is 1.89. The molecule has 4 aromatic heterocycles. The normalized spacial score (nSPS) is 11.1. The summed E-state index contributed by atoms with van der Waals surface area (Å²) in [5, 5.41) is 16.3. The molecule has 0 aliphatic heterocycles. The molecule has 0 amide bonds. The molecule has 0 radical (unpaired) electrons. The van der Waals surface area contributed by atoms with Gasteiger partial charge in [0.15, 0.2) is 5.65 Å². The third-order valence-corrected chi connectivity index (χ3v) is 5.13. The number of hydrogen-bond acceptors (Lipinski definition) is 5. The van der Waals surface area contributed by atoms with Gasteiger partial charge >= 0.3 is 0 Å². The SMILES string of the molecule is Cc1ccc(Cc2nnc3cc(-c4ccnc(Nc5ccnn5C)c4)ccn23)cc1. The van der Waals surface area contributed by atoms with Gasteiger partial charge in [-0.25, -0.2) is 4.98 Å². The van der Waals surface area contributed by atoms with E-state index in [0.29, 0.717) is 0 Å². The summed E-state index contributed by atoms with van der Waals surface area (Å²) in [4.78, 5) is 4.41. The van der Waals surface area contributed by atoms with Gasteiger partial charge in [-0.15, -0.1) is 10.2 Å². The zero-order valence-electron chi connectivity index (χ0n) is 16.8. The van der Waals surface area contributed by atoms with Crippen LogP contribution < -0.4 is 5.32 Å². The van der Waals surface area contributed by atoms with Crippen molar-refractivity contribution in [3.8, 4) is 11.1 Å². The first-order valence-electron chi connectivity index (χ1n) is 9.76. The number of rotatable bonds is 5. The number of nitrogens with zero attached hydrogens (tertiary/aromatic N) is 6. The third kappa shape index (κ3) is 3.53. The van der Waals surface area contributed by atoms with Crippen LogP contribution in [0.2, 0.25) is 0 Å². The lowest BCUT2D eigenvalue weighted by atomic mass is 10.1. The van der Waals surface area contributed by atoms with E-state index in [-0.39, 0.29) is 0 Å². The maximum Gasteiger partial charge on any atom is 0.161 e. The smallest absolute Gasteiger partial charge is 0.161 e. The van der Waals surface area contributed by atoms with Crippen LogP contribution in [0.3, 0.4) is 0 Å². The van der Waals surface area contributed by atoms with Crippen LogP contribution in [0.1, 0.15) is 17.0 Å². The Kier molecular flexibility index (Phi) is 4.48. The average Bonchev–Trinajstić information content (AvgIpc) is 3.35. The first-order valence-corrected chi connectivity index (χ1v) is 9.76. The zero-order chi connectivity index (χ0) is 20.5. The number of nitrogens with one attached hydrogen (secondary N) is 1. The fourth-order valence-electron chi connectivity index (χ4n) is 3.44. The molecule has 30 heavy (non-hydrogen) atoms. The van der Waals surface area contributed by atoms with Gasteiger partial charge in [0.25, 0.3) is 0 Å². The highest BCUT2D eigenvalue weighted by Crippen LogP contribution is 2.24. The Morgan fingerprint density at radius 3 is 2.53 bits per heavy atom. The van der Waals surface area contributed by atoms with Gasteiger partial charge in [0.2, 0.25) is 0 Å². The van der Waals surface area contributed by atoms with E-state index < -0.39 is 0 Å². The highest BCUT2D eigenvalue weighted by atomic mass is 15.3. The van der Waals surface area contributed by atoms with E-state index in [0.717, 1.165) is 40.7 Å². The van der Waals surface area contributed by atoms with Crippen LogP contribution >= 0.6 is 0 Å². The fraction of sp³-hybridized carbons (Fsp3) is 0.130. The standard InChI is InChI=1S/C23H21N7/c1-16-3-5-17(6-4-16)13-22-27-28-23-15-19(9-12-30(22)23)18-7-10-24-20(14-18)26-21-8-11-25-29(21)2/h3-12,14-15H,13H2,1-2H3,(H,24,26). The summed E-state index contributed by atoms with van der Waals surface area (Å²) in [6, 6.07) is 18.6. The van der Waals surface area contributed by atoms with E-state index in [4.69, 9.17) is 0 Å². The van der Waals surface area contributed by atoms with Gasteiger partial charge in [-0.05, 0) is 47.9 Å². The summed E-state index contributed by atoms with van der Waals surface area (Å²) >= 11 is 0. The molecule has 0 unspecified atom stereocenters. The van der Waals surface area contributed by atoms with Crippen LogP contribution in [0.4, 0.5) is 11.6 Å². The van der Waals surface area contributed by atoms with Crippen molar-refractivity contribution in [3.05, 3.63) is 90.1 Å². The molecule has 148 valence electrons. The largest absolute Gasteiger partial charge is 0.325 e. The van der Waals surface area contributed by atoms with Crippen molar-refractivity contribution in [3.63, 3.8) is 0 Å². The molecule has 1 aromatic carbocycles. The maximum absolute atomic E-state index is 4.41. The van der Waals surface area contributed by atoms with Crippen molar-refractivity contribution < 1.29 is 0 Å². The predicted octanol–water partition coefficient (Wildman–Crippen LogP) is 4.17. The molecule has 0 spiro atoms.